The van der Waals surface area contributed by atoms with Gasteiger partial charge in [0.1, 0.15) is 28.8 Å². The standard InChI is InChI=1S/C28H24O6/c29-20-7-2-16(3-8-20)1-4-18-14-28(34)15-24(33)25(18)26(17-5-9-21(30)10-6-17)27(28)19-11-22(31)13-23(32)12-19/h1-14,25-27,29-32,34H,15H2/b4-1+/t25-,26-,27+,28-/m0/s1. The molecule has 1 fully saturated rings. The van der Waals surface area contributed by atoms with E-state index in [1.165, 1.54) is 18.2 Å². The summed E-state index contributed by atoms with van der Waals surface area (Å²) in [6.45, 7) is 0. The lowest BCUT2D eigenvalue weighted by Gasteiger charge is -2.51. The van der Waals surface area contributed by atoms with Crippen LogP contribution in [-0.2, 0) is 4.79 Å². The van der Waals surface area contributed by atoms with Crippen LogP contribution in [0.15, 0.2) is 84.5 Å². The Bertz CT molecular complexity index is 1290. The second-order valence-electron chi connectivity index (χ2n) is 9.06. The fourth-order valence-electron chi connectivity index (χ4n) is 5.42. The summed E-state index contributed by atoms with van der Waals surface area (Å²) in [6, 6.07) is 17.4. The number of aliphatic hydroxyl groups is 1. The largest absolute Gasteiger partial charge is 0.508 e. The van der Waals surface area contributed by atoms with Crippen LogP contribution in [0.5, 0.6) is 23.0 Å². The number of rotatable bonds is 4. The maximum absolute atomic E-state index is 13.3. The number of benzene rings is 3. The molecule has 2 bridgehead atoms. The van der Waals surface area contributed by atoms with Gasteiger partial charge in [-0.25, -0.2) is 0 Å². The second kappa shape index (κ2) is 8.08. The zero-order chi connectivity index (χ0) is 24.0. The molecular formula is C28H24O6. The van der Waals surface area contributed by atoms with Gasteiger partial charge in [0.2, 0.25) is 0 Å². The van der Waals surface area contributed by atoms with Crippen molar-refractivity contribution >= 4 is 11.9 Å². The third kappa shape index (κ3) is 3.82. The van der Waals surface area contributed by atoms with E-state index in [0.29, 0.717) is 11.1 Å². The van der Waals surface area contributed by atoms with Gasteiger partial charge in [0.05, 0.1) is 11.5 Å². The Morgan fingerprint density at radius 3 is 1.94 bits per heavy atom. The number of carbonyl (C=O) groups is 1. The number of carbonyl (C=O) groups excluding carboxylic acids is 1. The van der Waals surface area contributed by atoms with Crippen LogP contribution in [0, 0.1) is 5.92 Å². The predicted molar refractivity (Wildman–Crippen MR) is 127 cm³/mol. The summed E-state index contributed by atoms with van der Waals surface area (Å²) in [5, 5.41) is 51.4. The highest BCUT2D eigenvalue weighted by atomic mass is 16.3. The van der Waals surface area contributed by atoms with Crippen molar-refractivity contribution in [2.45, 2.75) is 23.9 Å². The number of hydrogen-bond acceptors (Lipinski definition) is 6. The van der Waals surface area contributed by atoms with Gasteiger partial charge in [0, 0.05) is 24.3 Å². The summed E-state index contributed by atoms with van der Waals surface area (Å²) in [7, 11) is 0. The topological polar surface area (TPSA) is 118 Å². The SMILES string of the molecule is O=C1C[C@@]2(O)C=C(/C=C/c3ccc(O)cc3)[C@@H]1[C@H](c1ccc(O)cc1)[C@H]2c1cc(O)cc(O)c1. The van der Waals surface area contributed by atoms with Crippen molar-refractivity contribution in [1.82, 2.24) is 0 Å². The number of phenols is 4. The molecule has 3 aromatic rings. The molecule has 3 aliphatic rings. The second-order valence-corrected chi connectivity index (χ2v) is 9.06. The van der Waals surface area contributed by atoms with E-state index in [9.17, 15) is 30.3 Å². The fourth-order valence-corrected chi connectivity index (χ4v) is 5.42. The highest BCUT2D eigenvalue weighted by molar-refractivity contribution is 5.91. The van der Waals surface area contributed by atoms with Gasteiger partial charge in [0.25, 0.3) is 0 Å². The highest BCUT2D eigenvalue weighted by Crippen LogP contribution is 2.58. The van der Waals surface area contributed by atoms with Gasteiger partial charge in [-0.05, 0) is 64.7 Å². The van der Waals surface area contributed by atoms with Crippen LogP contribution in [0.2, 0.25) is 0 Å². The molecule has 172 valence electrons. The van der Waals surface area contributed by atoms with Gasteiger partial charge >= 0.3 is 0 Å². The zero-order valence-corrected chi connectivity index (χ0v) is 18.2. The number of fused-ring (bicyclic) bond motifs is 2. The lowest BCUT2D eigenvalue weighted by molar-refractivity contribution is -0.133. The Hall–Kier alpha value is -4.03. The van der Waals surface area contributed by atoms with Crippen molar-refractivity contribution in [2.24, 2.45) is 5.92 Å². The van der Waals surface area contributed by atoms with E-state index in [4.69, 9.17) is 0 Å². The maximum Gasteiger partial charge on any atom is 0.144 e. The summed E-state index contributed by atoms with van der Waals surface area (Å²) in [4.78, 5) is 13.3. The predicted octanol–water partition coefficient (Wildman–Crippen LogP) is 4.35. The Kier molecular flexibility index (Phi) is 5.18. The van der Waals surface area contributed by atoms with Crippen LogP contribution in [0.1, 0.15) is 34.9 Å². The van der Waals surface area contributed by atoms with Gasteiger partial charge in [-0.15, -0.1) is 0 Å². The lowest BCUT2D eigenvalue weighted by atomic mass is 9.53. The molecule has 3 aromatic carbocycles. The average Bonchev–Trinajstić information content (AvgIpc) is 2.77. The molecule has 0 heterocycles. The average molecular weight is 456 g/mol. The van der Waals surface area contributed by atoms with Gasteiger partial charge in [-0.1, -0.05) is 36.4 Å². The summed E-state index contributed by atoms with van der Waals surface area (Å²) in [6.07, 6.45) is 5.26. The number of phenolic OH excluding ortho intramolecular Hbond substituents is 4. The van der Waals surface area contributed by atoms with Crippen molar-refractivity contribution in [1.29, 1.82) is 0 Å². The number of Topliss-reactive ketones (excluding diaryl/α,β-unsaturated/α-hetero) is 1. The minimum Gasteiger partial charge on any atom is -0.508 e. The molecule has 0 radical (unpaired) electrons. The van der Waals surface area contributed by atoms with E-state index >= 15 is 0 Å². The molecule has 34 heavy (non-hydrogen) atoms. The van der Waals surface area contributed by atoms with E-state index in [-0.39, 0.29) is 35.2 Å². The molecule has 0 spiro atoms. The van der Waals surface area contributed by atoms with Gasteiger partial charge in [-0.2, -0.15) is 0 Å². The highest BCUT2D eigenvalue weighted by Gasteiger charge is 2.57. The van der Waals surface area contributed by atoms with E-state index < -0.39 is 23.4 Å². The quantitative estimate of drug-likeness (QED) is 0.398. The molecule has 6 rings (SSSR count). The lowest BCUT2D eigenvalue weighted by Crippen LogP contribution is -2.53. The smallest absolute Gasteiger partial charge is 0.144 e. The molecule has 1 saturated carbocycles. The van der Waals surface area contributed by atoms with E-state index in [1.54, 1.807) is 54.6 Å². The normalized spacial score (nSPS) is 26.1. The van der Waals surface area contributed by atoms with Gasteiger partial charge < -0.3 is 25.5 Å². The molecule has 0 aliphatic heterocycles. The molecule has 5 N–H and O–H groups in total. The van der Waals surface area contributed by atoms with E-state index in [2.05, 4.69) is 0 Å². The third-order valence-electron chi connectivity index (χ3n) is 6.76. The molecule has 4 atom stereocenters. The summed E-state index contributed by atoms with van der Waals surface area (Å²) in [5.74, 6) is -1.79. The minimum atomic E-state index is -1.54. The zero-order valence-electron chi connectivity index (χ0n) is 18.2. The first-order valence-corrected chi connectivity index (χ1v) is 11.0. The van der Waals surface area contributed by atoms with Gasteiger partial charge in [-0.3, -0.25) is 4.79 Å². The molecule has 3 aliphatic carbocycles. The fraction of sp³-hybridized carbons (Fsp3) is 0.179. The van der Waals surface area contributed by atoms with Gasteiger partial charge in [0.15, 0.2) is 0 Å². The number of hydrogen-bond donors (Lipinski definition) is 5. The van der Waals surface area contributed by atoms with Crippen LogP contribution in [-0.4, -0.2) is 36.9 Å². The molecule has 0 amide bonds. The first-order valence-electron chi connectivity index (χ1n) is 11.0. The van der Waals surface area contributed by atoms with Crippen LogP contribution in [0.4, 0.5) is 0 Å². The Labute approximate surface area is 196 Å². The molecule has 6 nitrogen and oxygen atoms in total. The van der Waals surface area contributed by atoms with Crippen LogP contribution >= 0.6 is 0 Å². The molecule has 0 saturated heterocycles. The van der Waals surface area contributed by atoms with Crippen LogP contribution in [0.25, 0.3) is 6.08 Å². The van der Waals surface area contributed by atoms with Crippen molar-refractivity contribution in [3.05, 3.63) is 101 Å². The summed E-state index contributed by atoms with van der Waals surface area (Å²) in [5.41, 5.74) is 1.24. The van der Waals surface area contributed by atoms with E-state index in [0.717, 1.165) is 11.1 Å². The molecular weight excluding hydrogens is 432 g/mol. The molecule has 0 unspecified atom stereocenters. The molecule has 0 aromatic heterocycles. The molecule has 6 heteroatoms. The Morgan fingerprint density at radius 1 is 0.735 bits per heavy atom. The van der Waals surface area contributed by atoms with Crippen LogP contribution in [0.3, 0.4) is 0 Å². The van der Waals surface area contributed by atoms with E-state index in [1.807, 2.05) is 12.2 Å². The van der Waals surface area contributed by atoms with Crippen molar-refractivity contribution < 1.29 is 30.3 Å². The Morgan fingerprint density at radius 2 is 1.32 bits per heavy atom. The first-order chi connectivity index (χ1) is 16.2. The number of aromatic hydroxyl groups is 4. The minimum absolute atomic E-state index is 0.0795. The maximum atomic E-state index is 13.3. The van der Waals surface area contributed by atoms with Crippen LogP contribution < -0.4 is 0 Å². The monoisotopic (exact) mass is 456 g/mol. The third-order valence-corrected chi connectivity index (χ3v) is 6.76. The summed E-state index contributed by atoms with van der Waals surface area (Å²) < 4.78 is 0. The van der Waals surface area contributed by atoms with Crippen molar-refractivity contribution in [2.75, 3.05) is 0 Å². The Balaban J connectivity index is 1.65. The number of ketones is 1. The summed E-state index contributed by atoms with van der Waals surface area (Å²) >= 11 is 0. The number of allylic oxidation sites excluding steroid dienone is 2. The first kappa shape index (κ1) is 21.8. The van der Waals surface area contributed by atoms with Crippen molar-refractivity contribution in [3.63, 3.8) is 0 Å². The van der Waals surface area contributed by atoms with Crippen molar-refractivity contribution in [3.8, 4) is 23.0 Å².